The van der Waals surface area contributed by atoms with Crippen LogP contribution in [0.3, 0.4) is 0 Å². The minimum absolute atomic E-state index is 0.0194. The first kappa shape index (κ1) is 20.3. The van der Waals surface area contributed by atoms with Gasteiger partial charge in [-0.2, -0.15) is 0 Å². The molecule has 0 aliphatic heterocycles. The fourth-order valence-electron chi connectivity index (χ4n) is 4.33. The second-order valence-corrected chi connectivity index (χ2v) is 8.59. The first-order valence-corrected chi connectivity index (χ1v) is 11.3. The Morgan fingerprint density at radius 2 is 1.88 bits per heavy atom. The van der Waals surface area contributed by atoms with Crippen LogP contribution in [0.1, 0.15) is 30.0 Å². The standard InChI is InChI=1S/C25H20FN3O2S/c26-21-12-3-4-13-22(21)27-25-28(23-14-6-8-17-7-1-2-11-20(17)23)24(16-32-25)18-9-5-10-19(15-18)29(30)31/h1-5,7,9-13,15-16,23H,6,8,14H2. The van der Waals surface area contributed by atoms with Crippen LogP contribution in [-0.2, 0) is 6.42 Å². The summed E-state index contributed by atoms with van der Waals surface area (Å²) in [5, 5.41) is 13.3. The van der Waals surface area contributed by atoms with Crippen molar-refractivity contribution >= 4 is 22.7 Å². The highest BCUT2D eigenvalue weighted by Crippen LogP contribution is 2.36. The fourth-order valence-corrected chi connectivity index (χ4v) is 5.29. The molecule has 5 nitrogen and oxygen atoms in total. The number of halogens is 1. The predicted octanol–water partition coefficient (Wildman–Crippen LogP) is 6.42. The number of non-ortho nitro benzene ring substituents is 1. The molecule has 0 bridgehead atoms. The van der Waals surface area contributed by atoms with Crippen LogP contribution in [-0.4, -0.2) is 9.49 Å². The van der Waals surface area contributed by atoms with Crippen LogP contribution in [0.25, 0.3) is 11.3 Å². The molecule has 0 amide bonds. The van der Waals surface area contributed by atoms with Gasteiger partial charge in [-0.3, -0.25) is 10.1 Å². The molecule has 1 aliphatic rings. The van der Waals surface area contributed by atoms with Crippen molar-refractivity contribution in [2.24, 2.45) is 4.99 Å². The lowest BCUT2D eigenvalue weighted by Crippen LogP contribution is -2.26. The average molecular weight is 446 g/mol. The molecule has 32 heavy (non-hydrogen) atoms. The van der Waals surface area contributed by atoms with Crippen LogP contribution in [0.15, 0.2) is 83.2 Å². The number of hydrogen-bond donors (Lipinski definition) is 0. The third kappa shape index (κ3) is 3.76. The molecule has 3 aromatic carbocycles. The van der Waals surface area contributed by atoms with Crippen LogP contribution in [0, 0.1) is 15.9 Å². The fraction of sp³-hybridized carbons (Fsp3) is 0.160. The summed E-state index contributed by atoms with van der Waals surface area (Å²) >= 11 is 1.42. The average Bonchev–Trinajstić information content (AvgIpc) is 3.23. The first-order chi connectivity index (χ1) is 15.6. The summed E-state index contributed by atoms with van der Waals surface area (Å²) in [5.74, 6) is -0.381. The van der Waals surface area contributed by atoms with Crippen molar-refractivity contribution in [1.29, 1.82) is 0 Å². The maximum atomic E-state index is 14.4. The Morgan fingerprint density at radius 1 is 1.06 bits per heavy atom. The van der Waals surface area contributed by atoms with E-state index in [1.807, 2.05) is 23.6 Å². The third-order valence-corrected chi connectivity index (χ3v) is 6.65. The van der Waals surface area contributed by atoms with Gasteiger partial charge in [0.1, 0.15) is 11.5 Å². The smallest absolute Gasteiger partial charge is 0.270 e. The molecule has 160 valence electrons. The lowest BCUT2D eigenvalue weighted by atomic mass is 9.87. The lowest BCUT2D eigenvalue weighted by Gasteiger charge is -2.28. The van der Waals surface area contributed by atoms with Crippen molar-refractivity contribution in [2.45, 2.75) is 25.3 Å². The number of benzene rings is 3. The summed E-state index contributed by atoms with van der Waals surface area (Å²) in [7, 11) is 0. The predicted molar refractivity (Wildman–Crippen MR) is 124 cm³/mol. The van der Waals surface area contributed by atoms with Crippen molar-refractivity contribution < 1.29 is 9.31 Å². The monoisotopic (exact) mass is 445 g/mol. The Bertz CT molecular complexity index is 1380. The van der Waals surface area contributed by atoms with Gasteiger partial charge in [0, 0.05) is 23.1 Å². The van der Waals surface area contributed by atoms with Gasteiger partial charge in [-0.1, -0.05) is 48.5 Å². The summed E-state index contributed by atoms with van der Waals surface area (Å²) < 4.78 is 16.5. The number of fused-ring (bicyclic) bond motifs is 1. The SMILES string of the molecule is O=[N+]([O-])c1cccc(-c2csc(=Nc3ccccc3F)n2C2CCCc3ccccc32)c1. The molecule has 1 heterocycles. The number of nitro groups is 1. The molecule has 0 saturated carbocycles. The zero-order valence-electron chi connectivity index (χ0n) is 17.1. The number of rotatable bonds is 4. The molecular weight excluding hydrogens is 425 g/mol. The minimum Gasteiger partial charge on any atom is -0.309 e. The molecule has 5 rings (SSSR count). The highest BCUT2D eigenvalue weighted by Gasteiger charge is 2.25. The van der Waals surface area contributed by atoms with Gasteiger partial charge in [-0.05, 0) is 42.5 Å². The normalized spacial score (nSPS) is 16.0. The summed E-state index contributed by atoms with van der Waals surface area (Å²) in [6.07, 6.45) is 2.96. The second kappa shape index (κ2) is 8.51. The van der Waals surface area contributed by atoms with Crippen LogP contribution in [0.4, 0.5) is 15.8 Å². The molecule has 1 aliphatic carbocycles. The van der Waals surface area contributed by atoms with Gasteiger partial charge in [-0.15, -0.1) is 11.3 Å². The largest absolute Gasteiger partial charge is 0.309 e. The van der Waals surface area contributed by atoms with E-state index in [1.54, 1.807) is 30.3 Å². The van der Waals surface area contributed by atoms with Gasteiger partial charge in [-0.25, -0.2) is 9.38 Å². The van der Waals surface area contributed by atoms with Crippen molar-refractivity contribution in [3.63, 3.8) is 0 Å². The number of aromatic nitrogens is 1. The van der Waals surface area contributed by atoms with Gasteiger partial charge >= 0.3 is 0 Å². The summed E-state index contributed by atoms with van der Waals surface area (Å²) in [6, 6.07) is 21.5. The van der Waals surface area contributed by atoms with Crippen molar-refractivity contribution in [3.05, 3.63) is 110 Å². The maximum Gasteiger partial charge on any atom is 0.270 e. The van der Waals surface area contributed by atoms with E-state index in [0.29, 0.717) is 4.80 Å². The Balaban J connectivity index is 1.75. The van der Waals surface area contributed by atoms with Crippen molar-refractivity contribution in [2.75, 3.05) is 0 Å². The zero-order valence-corrected chi connectivity index (χ0v) is 18.0. The van der Waals surface area contributed by atoms with Gasteiger partial charge in [0.15, 0.2) is 4.80 Å². The van der Waals surface area contributed by atoms with E-state index in [2.05, 4.69) is 21.7 Å². The molecule has 7 heteroatoms. The lowest BCUT2D eigenvalue weighted by molar-refractivity contribution is -0.384. The van der Waals surface area contributed by atoms with E-state index < -0.39 is 0 Å². The van der Waals surface area contributed by atoms with E-state index in [0.717, 1.165) is 30.5 Å². The van der Waals surface area contributed by atoms with Gasteiger partial charge in [0.25, 0.3) is 5.69 Å². The molecule has 1 unspecified atom stereocenters. The van der Waals surface area contributed by atoms with E-state index in [1.165, 1.54) is 34.6 Å². The van der Waals surface area contributed by atoms with Crippen LogP contribution >= 0.6 is 11.3 Å². The quantitative estimate of drug-likeness (QED) is 0.269. The number of hydrogen-bond acceptors (Lipinski definition) is 4. The second-order valence-electron chi connectivity index (χ2n) is 7.75. The molecule has 1 aromatic heterocycles. The number of para-hydroxylation sites is 1. The van der Waals surface area contributed by atoms with Crippen LogP contribution in [0.2, 0.25) is 0 Å². The van der Waals surface area contributed by atoms with Gasteiger partial charge in [0.05, 0.1) is 16.7 Å². The molecule has 0 radical (unpaired) electrons. The van der Waals surface area contributed by atoms with Gasteiger partial charge in [0.2, 0.25) is 0 Å². The van der Waals surface area contributed by atoms with Crippen LogP contribution in [0.5, 0.6) is 0 Å². The zero-order chi connectivity index (χ0) is 22.1. The minimum atomic E-state index is -0.388. The molecule has 4 aromatic rings. The van der Waals surface area contributed by atoms with Crippen molar-refractivity contribution in [1.82, 2.24) is 4.57 Å². The number of nitro benzene ring substituents is 1. The summed E-state index contributed by atoms with van der Waals surface area (Å²) in [4.78, 5) is 16.3. The van der Waals surface area contributed by atoms with E-state index >= 15 is 0 Å². The molecule has 0 fully saturated rings. The van der Waals surface area contributed by atoms with Crippen LogP contribution < -0.4 is 4.80 Å². The Labute approximate surface area is 188 Å². The Morgan fingerprint density at radius 3 is 2.72 bits per heavy atom. The van der Waals surface area contributed by atoms with Crippen molar-refractivity contribution in [3.8, 4) is 11.3 Å². The third-order valence-electron chi connectivity index (χ3n) is 5.81. The molecule has 1 atom stereocenters. The Kier molecular flexibility index (Phi) is 5.41. The summed E-state index contributed by atoms with van der Waals surface area (Å²) in [6.45, 7) is 0. The first-order valence-electron chi connectivity index (χ1n) is 10.4. The number of aryl methyl sites for hydroxylation is 1. The summed E-state index contributed by atoms with van der Waals surface area (Å²) in [5.41, 5.74) is 4.42. The molecule has 0 saturated heterocycles. The number of thiazole rings is 1. The number of nitrogens with zero attached hydrogens (tertiary/aromatic N) is 3. The Hall–Kier alpha value is -3.58. The topological polar surface area (TPSA) is 60.4 Å². The molecule has 0 N–H and O–H groups in total. The molecule has 0 spiro atoms. The maximum absolute atomic E-state index is 14.4. The van der Waals surface area contributed by atoms with E-state index in [-0.39, 0.29) is 28.2 Å². The van der Waals surface area contributed by atoms with Gasteiger partial charge < -0.3 is 4.57 Å². The van der Waals surface area contributed by atoms with E-state index in [9.17, 15) is 14.5 Å². The highest BCUT2D eigenvalue weighted by atomic mass is 32.1. The van der Waals surface area contributed by atoms with E-state index in [4.69, 9.17) is 0 Å². The molecular formula is C25H20FN3O2S. The highest BCUT2D eigenvalue weighted by molar-refractivity contribution is 7.07.